The predicted molar refractivity (Wildman–Crippen MR) is 124 cm³/mol. The molecule has 33 heavy (non-hydrogen) atoms. The minimum Gasteiger partial charge on any atom is -0.467 e. The Hall–Kier alpha value is -3.34. The van der Waals surface area contributed by atoms with E-state index >= 15 is 0 Å². The minimum absolute atomic E-state index is 0.105. The van der Waals surface area contributed by atoms with Gasteiger partial charge in [0.15, 0.2) is 5.11 Å². The smallest absolute Gasteiger partial charge is 0.416 e. The fraction of sp³-hybridized carbons (Fsp3) is 0.318. The van der Waals surface area contributed by atoms with Crippen molar-refractivity contribution in [3.63, 3.8) is 0 Å². The third-order valence-electron chi connectivity index (χ3n) is 4.69. The Bertz CT molecular complexity index is 1000. The van der Waals surface area contributed by atoms with Crippen molar-refractivity contribution < 1.29 is 27.5 Å². The van der Waals surface area contributed by atoms with Crippen LogP contribution in [-0.4, -0.2) is 37.2 Å². The van der Waals surface area contributed by atoms with Gasteiger partial charge in [0.05, 0.1) is 36.5 Å². The number of amides is 1. The lowest BCUT2D eigenvalue weighted by Gasteiger charge is -2.23. The van der Waals surface area contributed by atoms with Gasteiger partial charge in [0.2, 0.25) is 5.91 Å². The van der Waals surface area contributed by atoms with E-state index in [4.69, 9.17) is 12.2 Å². The summed E-state index contributed by atoms with van der Waals surface area (Å²) >= 11 is 5.35. The van der Waals surface area contributed by atoms with Crippen LogP contribution in [0.1, 0.15) is 30.5 Å². The average molecular weight is 483 g/mol. The SMILES string of the molecule is CNc1ccccc1NC(=S)NC(CC(=O)NC(C)C(=O)OC)c1cccc(C(F)(F)F)c1. The van der Waals surface area contributed by atoms with Gasteiger partial charge in [-0.05, 0) is 49.0 Å². The van der Waals surface area contributed by atoms with E-state index < -0.39 is 35.7 Å². The molecule has 0 aromatic heterocycles. The highest BCUT2D eigenvalue weighted by Gasteiger charge is 2.31. The van der Waals surface area contributed by atoms with Gasteiger partial charge in [0, 0.05) is 7.05 Å². The number of carbonyl (C=O) groups is 2. The molecule has 2 unspecified atom stereocenters. The summed E-state index contributed by atoms with van der Waals surface area (Å²) < 4.78 is 44.3. The zero-order chi connectivity index (χ0) is 24.6. The summed E-state index contributed by atoms with van der Waals surface area (Å²) in [5.41, 5.74) is 0.747. The maximum atomic E-state index is 13.2. The molecule has 0 saturated carbocycles. The van der Waals surface area contributed by atoms with Gasteiger partial charge >= 0.3 is 12.1 Å². The molecule has 1 amide bonds. The monoisotopic (exact) mass is 482 g/mol. The highest BCUT2D eigenvalue weighted by molar-refractivity contribution is 7.80. The Morgan fingerprint density at radius 1 is 1.06 bits per heavy atom. The van der Waals surface area contributed by atoms with Crippen LogP contribution in [0.25, 0.3) is 0 Å². The van der Waals surface area contributed by atoms with Crippen molar-refractivity contribution in [3.05, 3.63) is 59.7 Å². The number of para-hydroxylation sites is 2. The van der Waals surface area contributed by atoms with Gasteiger partial charge in [-0.2, -0.15) is 13.2 Å². The van der Waals surface area contributed by atoms with Crippen LogP contribution in [0.3, 0.4) is 0 Å². The van der Waals surface area contributed by atoms with E-state index in [0.29, 0.717) is 5.69 Å². The lowest BCUT2D eigenvalue weighted by atomic mass is 10.0. The Morgan fingerprint density at radius 2 is 1.73 bits per heavy atom. The van der Waals surface area contributed by atoms with Crippen LogP contribution >= 0.6 is 12.2 Å². The Kier molecular flexibility index (Phi) is 9.03. The van der Waals surface area contributed by atoms with Crippen LogP contribution in [0.15, 0.2) is 48.5 Å². The topological polar surface area (TPSA) is 91.5 Å². The van der Waals surface area contributed by atoms with Crippen LogP contribution in [-0.2, 0) is 20.5 Å². The summed E-state index contributed by atoms with van der Waals surface area (Å²) in [6, 6.07) is 10.0. The molecule has 0 radical (unpaired) electrons. The number of methoxy groups -OCH3 is 1. The lowest BCUT2D eigenvalue weighted by Crippen LogP contribution is -2.42. The van der Waals surface area contributed by atoms with E-state index in [1.54, 1.807) is 19.2 Å². The molecule has 0 aliphatic heterocycles. The van der Waals surface area contributed by atoms with Gasteiger partial charge < -0.3 is 26.0 Å². The maximum Gasteiger partial charge on any atom is 0.416 e. The number of benzene rings is 2. The number of nitrogens with one attached hydrogen (secondary N) is 4. The molecule has 2 aromatic carbocycles. The fourth-order valence-electron chi connectivity index (χ4n) is 3.03. The highest BCUT2D eigenvalue weighted by atomic mass is 32.1. The quantitative estimate of drug-likeness (QED) is 0.336. The Labute approximate surface area is 195 Å². The second-order valence-electron chi connectivity index (χ2n) is 7.09. The number of esters is 1. The molecule has 2 aromatic rings. The van der Waals surface area contributed by atoms with E-state index in [1.807, 2.05) is 12.1 Å². The molecule has 2 atom stereocenters. The van der Waals surface area contributed by atoms with Crippen LogP contribution in [0.2, 0.25) is 0 Å². The normalized spacial score (nSPS) is 12.8. The first-order valence-corrected chi connectivity index (χ1v) is 10.3. The van der Waals surface area contributed by atoms with Gasteiger partial charge in [-0.1, -0.05) is 24.3 Å². The first-order chi connectivity index (χ1) is 15.5. The van der Waals surface area contributed by atoms with E-state index in [1.165, 1.54) is 26.2 Å². The highest BCUT2D eigenvalue weighted by Crippen LogP contribution is 2.31. The fourth-order valence-corrected chi connectivity index (χ4v) is 3.28. The van der Waals surface area contributed by atoms with Crippen molar-refractivity contribution in [3.8, 4) is 0 Å². The standard InChI is InChI=1S/C22H25F3N4O3S/c1-13(20(31)32-3)27-19(30)12-18(14-7-6-8-15(11-14)22(23,24)25)29-21(33)28-17-10-5-4-9-16(17)26-2/h4-11,13,18,26H,12H2,1-3H3,(H,27,30)(H2,28,29,33). The van der Waals surface area contributed by atoms with E-state index in [-0.39, 0.29) is 17.1 Å². The van der Waals surface area contributed by atoms with Crippen LogP contribution in [0.5, 0.6) is 0 Å². The molecule has 0 aliphatic carbocycles. The van der Waals surface area contributed by atoms with Gasteiger partial charge in [-0.15, -0.1) is 0 Å². The molecular weight excluding hydrogens is 457 g/mol. The van der Waals surface area contributed by atoms with Crippen molar-refractivity contribution in [2.24, 2.45) is 0 Å². The molecule has 0 saturated heterocycles. The van der Waals surface area contributed by atoms with E-state index in [2.05, 4.69) is 26.0 Å². The summed E-state index contributed by atoms with van der Waals surface area (Å²) in [5, 5.41) is 11.5. The number of anilines is 2. The van der Waals surface area contributed by atoms with E-state index in [9.17, 15) is 22.8 Å². The zero-order valence-corrected chi connectivity index (χ0v) is 19.1. The number of hydrogen-bond donors (Lipinski definition) is 4. The molecule has 4 N–H and O–H groups in total. The number of carbonyl (C=O) groups excluding carboxylic acids is 2. The number of alkyl halides is 3. The number of thiocarbonyl (C=S) groups is 1. The van der Waals surface area contributed by atoms with E-state index in [0.717, 1.165) is 17.8 Å². The van der Waals surface area contributed by atoms with Gasteiger partial charge in [0.25, 0.3) is 0 Å². The third-order valence-corrected chi connectivity index (χ3v) is 4.91. The molecule has 0 aliphatic rings. The zero-order valence-electron chi connectivity index (χ0n) is 18.2. The van der Waals surface area contributed by atoms with Crippen molar-refractivity contribution in [2.75, 3.05) is 24.8 Å². The summed E-state index contributed by atoms with van der Waals surface area (Å²) in [6.45, 7) is 1.44. The largest absolute Gasteiger partial charge is 0.467 e. The lowest BCUT2D eigenvalue weighted by molar-refractivity contribution is -0.144. The Morgan fingerprint density at radius 3 is 2.33 bits per heavy atom. The molecule has 0 bridgehead atoms. The second-order valence-corrected chi connectivity index (χ2v) is 7.49. The molecule has 7 nitrogen and oxygen atoms in total. The van der Waals surface area contributed by atoms with Crippen LogP contribution in [0.4, 0.5) is 24.5 Å². The molecule has 11 heteroatoms. The molecular formula is C22H25F3N4O3S. The Balaban J connectivity index is 2.26. The first-order valence-electron chi connectivity index (χ1n) is 9.93. The maximum absolute atomic E-state index is 13.2. The predicted octanol–water partition coefficient (Wildman–Crippen LogP) is 3.84. The number of rotatable bonds is 8. The molecule has 0 fully saturated rings. The first kappa shape index (κ1) is 25.9. The van der Waals surface area contributed by atoms with Crippen molar-refractivity contribution in [1.82, 2.24) is 10.6 Å². The molecule has 0 heterocycles. The van der Waals surface area contributed by atoms with Crippen molar-refractivity contribution in [2.45, 2.75) is 31.6 Å². The summed E-state index contributed by atoms with van der Waals surface area (Å²) in [5.74, 6) is -1.21. The van der Waals surface area contributed by atoms with Crippen LogP contribution in [0, 0.1) is 0 Å². The summed E-state index contributed by atoms with van der Waals surface area (Å²) in [7, 11) is 2.92. The van der Waals surface area contributed by atoms with Crippen molar-refractivity contribution >= 4 is 40.6 Å². The second kappa shape index (κ2) is 11.5. The molecule has 178 valence electrons. The third kappa shape index (κ3) is 7.63. The number of halogens is 3. The average Bonchev–Trinajstić information content (AvgIpc) is 2.77. The minimum atomic E-state index is -4.55. The summed E-state index contributed by atoms with van der Waals surface area (Å²) in [4.78, 5) is 24.1. The molecule has 2 rings (SSSR count). The number of ether oxygens (including phenoxy) is 1. The van der Waals surface area contributed by atoms with Gasteiger partial charge in [-0.25, -0.2) is 4.79 Å². The summed E-state index contributed by atoms with van der Waals surface area (Å²) in [6.07, 6.45) is -4.83. The van der Waals surface area contributed by atoms with Crippen molar-refractivity contribution in [1.29, 1.82) is 0 Å². The van der Waals surface area contributed by atoms with Gasteiger partial charge in [0.1, 0.15) is 6.04 Å². The number of hydrogen-bond acceptors (Lipinski definition) is 5. The molecule has 0 spiro atoms. The van der Waals surface area contributed by atoms with Crippen LogP contribution < -0.4 is 21.3 Å². The van der Waals surface area contributed by atoms with Gasteiger partial charge in [-0.3, -0.25) is 4.79 Å².